The van der Waals surface area contributed by atoms with Crippen molar-refractivity contribution in [1.29, 1.82) is 0 Å². The van der Waals surface area contributed by atoms with Crippen molar-refractivity contribution in [3.05, 3.63) is 58.1 Å². The minimum atomic E-state index is -0.857. The first-order valence-corrected chi connectivity index (χ1v) is 13.6. The Morgan fingerprint density at radius 3 is 2.56 bits per heavy atom. The van der Waals surface area contributed by atoms with Crippen molar-refractivity contribution in [1.82, 2.24) is 4.90 Å². The Morgan fingerprint density at radius 1 is 1.08 bits per heavy atom. The maximum Gasteiger partial charge on any atom is 0.258 e. The van der Waals surface area contributed by atoms with Gasteiger partial charge in [-0.05, 0) is 107 Å². The number of benzene rings is 2. The average Bonchev–Trinajstić information content (AvgIpc) is 3.37. The van der Waals surface area contributed by atoms with Gasteiger partial charge in [0.15, 0.2) is 0 Å². The highest BCUT2D eigenvalue weighted by atomic mass is 35.5. The summed E-state index contributed by atoms with van der Waals surface area (Å²) < 4.78 is 6.33. The molecular weight excluding hydrogens is 472 g/mol. The smallest absolute Gasteiger partial charge is 0.258 e. The maximum absolute atomic E-state index is 13.3. The van der Waals surface area contributed by atoms with Gasteiger partial charge in [0.05, 0.1) is 5.02 Å². The molecule has 1 unspecified atom stereocenters. The molecule has 0 radical (unpaired) electrons. The minimum Gasteiger partial charge on any atom is -0.489 e. The molecule has 1 N–H and O–H groups in total. The van der Waals surface area contributed by atoms with Gasteiger partial charge in [0.2, 0.25) is 0 Å². The van der Waals surface area contributed by atoms with Crippen LogP contribution in [0.3, 0.4) is 0 Å². The quantitative estimate of drug-likeness (QED) is 0.583. The molecule has 36 heavy (non-hydrogen) atoms. The molecule has 0 spiro atoms. The lowest BCUT2D eigenvalue weighted by molar-refractivity contribution is 0.0662. The fraction of sp³-hybridized carbons (Fsp3) is 0.500. The van der Waals surface area contributed by atoms with Crippen LogP contribution in [-0.4, -0.2) is 53.3 Å². The number of aliphatic hydroxyl groups is 1. The van der Waals surface area contributed by atoms with E-state index in [2.05, 4.69) is 23.8 Å². The second kappa shape index (κ2) is 9.41. The molecule has 2 saturated heterocycles. The SMILES string of the molecule is CN1[C@@H]2CC[C@H]1CC(Oc1ccc(N3CCc4cc(C#CC5(O)CCCC5)ccc4C3=O)cc1Cl)C2. The first-order chi connectivity index (χ1) is 17.4. The van der Waals surface area contributed by atoms with Crippen LogP contribution in [0.4, 0.5) is 5.69 Å². The van der Waals surface area contributed by atoms with Crippen LogP contribution in [0.15, 0.2) is 36.4 Å². The zero-order valence-electron chi connectivity index (χ0n) is 20.8. The molecule has 3 atom stereocenters. The van der Waals surface area contributed by atoms with Crippen molar-refractivity contribution in [3.63, 3.8) is 0 Å². The Labute approximate surface area is 218 Å². The fourth-order valence-corrected chi connectivity index (χ4v) is 6.70. The standard InChI is InChI=1S/C30H33ClN2O3/c1-32-22-5-6-23(32)18-25(17-22)36-28-9-7-24(19-27(28)31)33-15-11-21-16-20(4-8-26(21)29(33)34)10-14-30(35)12-2-3-13-30/h4,7-9,16,19,22-23,25,35H,2-3,5-6,11-13,15,17-18H2,1H3/t22-,23+,25?. The van der Waals surface area contributed by atoms with Gasteiger partial charge in [0, 0.05) is 35.4 Å². The number of hydrogen-bond donors (Lipinski definition) is 1. The highest BCUT2D eigenvalue weighted by Gasteiger charge is 2.39. The number of anilines is 1. The summed E-state index contributed by atoms with van der Waals surface area (Å²) in [6.45, 7) is 0.585. The van der Waals surface area contributed by atoms with Crippen molar-refractivity contribution in [2.75, 3.05) is 18.5 Å². The van der Waals surface area contributed by atoms with Gasteiger partial charge in [-0.2, -0.15) is 0 Å². The predicted molar refractivity (Wildman–Crippen MR) is 142 cm³/mol. The lowest BCUT2D eigenvalue weighted by Crippen LogP contribution is -2.43. The van der Waals surface area contributed by atoms with E-state index in [4.69, 9.17) is 16.3 Å². The summed E-state index contributed by atoms with van der Waals surface area (Å²) in [5.41, 5.74) is 2.49. The van der Waals surface area contributed by atoms with Crippen LogP contribution in [0.25, 0.3) is 0 Å². The van der Waals surface area contributed by atoms with Crippen LogP contribution < -0.4 is 9.64 Å². The second-order valence-electron chi connectivity index (χ2n) is 10.9. The van der Waals surface area contributed by atoms with Crippen LogP contribution in [0.2, 0.25) is 5.02 Å². The lowest BCUT2D eigenvalue weighted by Gasteiger charge is -2.36. The Balaban J connectivity index is 1.15. The summed E-state index contributed by atoms with van der Waals surface area (Å²) in [5.74, 6) is 6.87. The number of rotatable bonds is 3. The molecule has 1 aliphatic carbocycles. The molecule has 1 amide bonds. The number of ether oxygens (including phenoxy) is 1. The molecular formula is C30H33ClN2O3. The molecule has 1 saturated carbocycles. The number of fused-ring (bicyclic) bond motifs is 3. The third-order valence-corrected chi connectivity index (χ3v) is 8.93. The van der Waals surface area contributed by atoms with E-state index in [1.807, 2.05) is 36.4 Å². The first-order valence-electron chi connectivity index (χ1n) is 13.3. The summed E-state index contributed by atoms with van der Waals surface area (Å²) in [6, 6.07) is 12.7. The molecule has 5 nitrogen and oxygen atoms in total. The molecule has 4 aliphatic rings. The van der Waals surface area contributed by atoms with E-state index in [1.54, 1.807) is 4.90 Å². The predicted octanol–water partition coefficient (Wildman–Crippen LogP) is 5.20. The van der Waals surface area contributed by atoms with Crippen LogP contribution in [-0.2, 0) is 6.42 Å². The summed E-state index contributed by atoms with van der Waals surface area (Å²) in [4.78, 5) is 17.6. The minimum absolute atomic E-state index is 0.0261. The largest absolute Gasteiger partial charge is 0.489 e. The van der Waals surface area contributed by atoms with E-state index >= 15 is 0 Å². The highest BCUT2D eigenvalue weighted by molar-refractivity contribution is 6.32. The molecule has 6 heteroatoms. The molecule has 2 aromatic carbocycles. The van der Waals surface area contributed by atoms with Crippen LogP contribution in [0, 0.1) is 11.8 Å². The van der Waals surface area contributed by atoms with Crippen molar-refractivity contribution in [2.24, 2.45) is 0 Å². The second-order valence-corrected chi connectivity index (χ2v) is 11.4. The van der Waals surface area contributed by atoms with E-state index in [9.17, 15) is 9.90 Å². The number of hydrogen-bond acceptors (Lipinski definition) is 4. The normalized spacial score (nSPS) is 26.9. The van der Waals surface area contributed by atoms with E-state index in [-0.39, 0.29) is 12.0 Å². The van der Waals surface area contributed by atoms with Gasteiger partial charge in [0.1, 0.15) is 17.5 Å². The van der Waals surface area contributed by atoms with Gasteiger partial charge in [-0.3, -0.25) is 4.79 Å². The van der Waals surface area contributed by atoms with E-state index in [0.717, 1.165) is 61.8 Å². The molecule has 3 fully saturated rings. The topological polar surface area (TPSA) is 53.0 Å². The van der Waals surface area contributed by atoms with Crippen molar-refractivity contribution < 1.29 is 14.6 Å². The summed E-state index contributed by atoms with van der Waals surface area (Å²) >= 11 is 6.64. The number of piperidine rings is 1. The average molecular weight is 505 g/mol. The Morgan fingerprint density at radius 2 is 1.83 bits per heavy atom. The molecule has 188 valence electrons. The van der Waals surface area contributed by atoms with E-state index in [1.165, 1.54) is 12.8 Å². The number of halogens is 1. The molecule has 2 aromatic rings. The number of amides is 1. The fourth-order valence-electron chi connectivity index (χ4n) is 6.48. The number of carbonyl (C=O) groups is 1. The van der Waals surface area contributed by atoms with Gasteiger partial charge < -0.3 is 19.6 Å². The molecule has 6 rings (SSSR count). The molecule has 3 heterocycles. The van der Waals surface area contributed by atoms with Gasteiger partial charge >= 0.3 is 0 Å². The summed E-state index contributed by atoms with van der Waals surface area (Å²) in [7, 11) is 2.23. The van der Waals surface area contributed by atoms with Crippen molar-refractivity contribution in [2.45, 2.75) is 81.6 Å². The van der Waals surface area contributed by atoms with Gasteiger partial charge in [-0.25, -0.2) is 0 Å². The third-order valence-electron chi connectivity index (χ3n) is 8.63. The van der Waals surface area contributed by atoms with Crippen LogP contribution in [0.5, 0.6) is 5.75 Å². The Kier molecular flexibility index (Phi) is 6.24. The van der Waals surface area contributed by atoms with Gasteiger partial charge in [-0.15, -0.1) is 0 Å². The van der Waals surface area contributed by atoms with Gasteiger partial charge in [0.25, 0.3) is 5.91 Å². The highest BCUT2D eigenvalue weighted by Crippen LogP contribution is 2.38. The lowest BCUT2D eigenvalue weighted by atomic mass is 9.95. The maximum atomic E-state index is 13.3. The van der Waals surface area contributed by atoms with E-state index in [0.29, 0.717) is 35.0 Å². The zero-order chi connectivity index (χ0) is 24.9. The number of carbonyl (C=O) groups excluding carboxylic acids is 1. The Bertz CT molecular complexity index is 1230. The third kappa shape index (κ3) is 4.52. The first kappa shape index (κ1) is 23.9. The molecule has 2 bridgehead atoms. The summed E-state index contributed by atoms with van der Waals surface area (Å²) in [5, 5.41) is 11.1. The molecule has 3 aliphatic heterocycles. The Hall–Kier alpha value is -2.52. The van der Waals surface area contributed by atoms with Gasteiger partial charge in [-0.1, -0.05) is 23.4 Å². The van der Waals surface area contributed by atoms with Crippen molar-refractivity contribution >= 4 is 23.2 Å². The monoisotopic (exact) mass is 504 g/mol. The van der Waals surface area contributed by atoms with E-state index < -0.39 is 5.60 Å². The summed E-state index contributed by atoms with van der Waals surface area (Å²) in [6.07, 6.45) is 9.05. The molecule has 0 aromatic heterocycles. The number of nitrogens with zero attached hydrogens (tertiary/aromatic N) is 2. The zero-order valence-corrected chi connectivity index (χ0v) is 21.6. The van der Waals surface area contributed by atoms with Crippen LogP contribution in [0.1, 0.15) is 72.9 Å². The van der Waals surface area contributed by atoms with Crippen LogP contribution >= 0.6 is 11.6 Å². The van der Waals surface area contributed by atoms with Crippen molar-refractivity contribution in [3.8, 4) is 17.6 Å².